The minimum atomic E-state index is -0.356. The van der Waals surface area contributed by atoms with Crippen molar-refractivity contribution in [3.63, 3.8) is 0 Å². The van der Waals surface area contributed by atoms with E-state index in [1.165, 1.54) is 12.1 Å². The van der Waals surface area contributed by atoms with E-state index in [0.717, 1.165) is 51.0 Å². The number of ether oxygens (including phenoxy) is 1. The largest absolute Gasteiger partial charge is 0.492 e. The van der Waals surface area contributed by atoms with Gasteiger partial charge in [0, 0.05) is 41.3 Å². The second kappa shape index (κ2) is 8.90. The minimum Gasteiger partial charge on any atom is -0.492 e. The predicted octanol–water partition coefficient (Wildman–Crippen LogP) is 4.64. The van der Waals surface area contributed by atoms with Crippen molar-refractivity contribution in [3.05, 3.63) is 67.0 Å². The zero-order valence-corrected chi connectivity index (χ0v) is 19.7. The molecule has 0 aliphatic carbocycles. The summed E-state index contributed by atoms with van der Waals surface area (Å²) in [4.78, 5) is 14.4. The van der Waals surface area contributed by atoms with E-state index in [1.807, 2.05) is 43.3 Å². The maximum atomic E-state index is 14.5. The molecule has 5 aromatic heterocycles. The number of H-pyrrole nitrogens is 3. The number of halogens is 1. The molecule has 3 N–H and O–H groups in total. The van der Waals surface area contributed by atoms with Gasteiger partial charge >= 0.3 is 0 Å². The third kappa shape index (κ3) is 4.07. The van der Waals surface area contributed by atoms with Gasteiger partial charge in [0.2, 0.25) is 0 Å². The van der Waals surface area contributed by atoms with Crippen LogP contribution in [0.25, 0.3) is 55.7 Å². The Morgan fingerprint density at radius 1 is 1.00 bits per heavy atom. The molecule has 0 saturated heterocycles. The average Bonchev–Trinajstić information content (AvgIpc) is 3.62. The van der Waals surface area contributed by atoms with Crippen LogP contribution in [0, 0.1) is 5.82 Å². The maximum Gasteiger partial charge on any atom is 0.138 e. The first-order valence-corrected chi connectivity index (χ1v) is 11.4. The van der Waals surface area contributed by atoms with E-state index in [4.69, 9.17) is 4.74 Å². The molecule has 0 bridgehead atoms. The number of aromatic nitrogens is 7. The second-order valence-corrected chi connectivity index (χ2v) is 8.81. The molecule has 0 saturated carbocycles. The SMILES string of the molecule is CN(C)CCOc1cc(F)cc(-c2ccnc3[nH]c(-c4n[nH]c5cnc(-c6cn[nH]c6)cc45)cc23)c1. The molecular weight excluding hydrogens is 459 g/mol. The highest BCUT2D eigenvalue weighted by Crippen LogP contribution is 2.35. The van der Waals surface area contributed by atoms with Gasteiger partial charge in [-0.1, -0.05) is 0 Å². The zero-order chi connectivity index (χ0) is 24.6. The smallest absolute Gasteiger partial charge is 0.138 e. The van der Waals surface area contributed by atoms with Crippen LogP contribution >= 0.6 is 0 Å². The van der Waals surface area contributed by atoms with Gasteiger partial charge in [0.15, 0.2) is 0 Å². The summed E-state index contributed by atoms with van der Waals surface area (Å²) in [6, 6.07) is 10.6. The Morgan fingerprint density at radius 3 is 2.75 bits per heavy atom. The Bertz CT molecular complexity index is 1670. The third-order valence-corrected chi connectivity index (χ3v) is 6.02. The summed E-state index contributed by atoms with van der Waals surface area (Å²) in [5, 5.41) is 16.2. The fourth-order valence-corrected chi connectivity index (χ4v) is 4.22. The third-order valence-electron chi connectivity index (χ3n) is 6.02. The topological polar surface area (TPSA) is 111 Å². The number of pyridine rings is 2. The van der Waals surface area contributed by atoms with Gasteiger partial charge in [0.1, 0.15) is 29.5 Å². The van der Waals surface area contributed by atoms with Gasteiger partial charge in [-0.3, -0.25) is 15.2 Å². The highest BCUT2D eigenvalue weighted by atomic mass is 19.1. The van der Waals surface area contributed by atoms with Gasteiger partial charge in [0.05, 0.1) is 29.3 Å². The molecule has 6 rings (SSSR count). The van der Waals surface area contributed by atoms with Gasteiger partial charge in [-0.15, -0.1) is 0 Å². The Kier molecular flexibility index (Phi) is 5.42. The summed E-state index contributed by atoms with van der Waals surface area (Å²) >= 11 is 0. The minimum absolute atomic E-state index is 0.356. The zero-order valence-electron chi connectivity index (χ0n) is 19.7. The molecule has 0 amide bonds. The van der Waals surface area contributed by atoms with E-state index in [9.17, 15) is 4.39 Å². The molecule has 0 unspecified atom stereocenters. The molecular formula is C26H23FN8O. The number of likely N-dealkylation sites (N-methyl/N-ethyl adjacent to an activating group) is 1. The quantitative estimate of drug-likeness (QED) is 0.306. The van der Waals surface area contributed by atoms with Crippen LogP contribution in [0.15, 0.2) is 61.2 Å². The van der Waals surface area contributed by atoms with E-state index in [-0.39, 0.29) is 5.82 Å². The highest BCUT2D eigenvalue weighted by Gasteiger charge is 2.16. The van der Waals surface area contributed by atoms with Crippen molar-refractivity contribution in [3.8, 4) is 39.5 Å². The number of fused-ring (bicyclic) bond motifs is 2. The van der Waals surface area contributed by atoms with Crippen LogP contribution < -0.4 is 4.74 Å². The Morgan fingerprint density at radius 2 is 1.92 bits per heavy atom. The van der Waals surface area contributed by atoms with E-state index in [2.05, 4.69) is 35.3 Å². The van der Waals surface area contributed by atoms with Crippen molar-refractivity contribution >= 4 is 21.9 Å². The fraction of sp³-hybridized carbons (Fsp3) is 0.154. The molecule has 1 aromatic carbocycles. The summed E-state index contributed by atoms with van der Waals surface area (Å²) in [6.07, 6.45) is 6.99. The van der Waals surface area contributed by atoms with E-state index < -0.39 is 0 Å². The van der Waals surface area contributed by atoms with Crippen molar-refractivity contribution in [2.45, 2.75) is 0 Å². The number of hydrogen-bond donors (Lipinski definition) is 3. The van der Waals surface area contributed by atoms with Gasteiger partial charge in [-0.05, 0) is 55.6 Å². The van der Waals surface area contributed by atoms with Crippen LogP contribution in [0.4, 0.5) is 4.39 Å². The summed E-state index contributed by atoms with van der Waals surface area (Å²) in [7, 11) is 3.93. The highest BCUT2D eigenvalue weighted by molar-refractivity contribution is 6.00. The van der Waals surface area contributed by atoms with Crippen LogP contribution in [0.5, 0.6) is 5.75 Å². The molecule has 180 valence electrons. The van der Waals surface area contributed by atoms with Gasteiger partial charge in [0.25, 0.3) is 0 Å². The fourth-order valence-electron chi connectivity index (χ4n) is 4.22. The maximum absolute atomic E-state index is 14.5. The Hall–Kier alpha value is -4.57. The molecule has 5 heterocycles. The van der Waals surface area contributed by atoms with Crippen LogP contribution in [-0.4, -0.2) is 67.5 Å². The molecule has 9 nitrogen and oxygen atoms in total. The molecule has 0 aliphatic heterocycles. The second-order valence-electron chi connectivity index (χ2n) is 8.81. The Balaban J connectivity index is 1.41. The van der Waals surface area contributed by atoms with Crippen LogP contribution in [0.1, 0.15) is 0 Å². The summed E-state index contributed by atoms with van der Waals surface area (Å²) < 4.78 is 20.3. The van der Waals surface area contributed by atoms with Gasteiger partial charge < -0.3 is 14.6 Å². The number of aromatic amines is 3. The van der Waals surface area contributed by atoms with E-state index in [1.54, 1.807) is 24.8 Å². The normalized spacial score (nSPS) is 11.7. The lowest BCUT2D eigenvalue weighted by Crippen LogP contribution is -2.19. The number of nitrogens with one attached hydrogen (secondary N) is 3. The molecule has 0 aliphatic rings. The van der Waals surface area contributed by atoms with Gasteiger partial charge in [-0.2, -0.15) is 10.2 Å². The Labute approximate surface area is 205 Å². The monoisotopic (exact) mass is 482 g/mol. The summed E-state index contributed by atoms with van der Waals surface area (Å²) in [5.41, 5.74) is 6.27. The number of benzene rings is 1. The number of rotatable bonds is 7. The molecule has 0 atom stereocenters. The average molecular weight is 483 g/mol. The number of nitrogens with zero attached hydrogens (tertiary/aromatic N) is 5. The lowest BCUT2D eigenvalue weighted by Gasteiger charge is -2.12. The van der Waals surface area contributed by atoms with Crippen LogP contribution in [-0.2, 0) is 0 Å². The first-order chi connectivity index (χ1) is 17.5. The standard InChI is InChI=1S/C26H23FN8O/c1-35(2)5-6-36-18-8-15(7-17(27)9-18)19-3-4-28-26-20(19)10-23(32-26)25-21-11-22(16-12-30-31-13-16)29-14-24(21)33-34-25/h3-4,7-14H,5-6H2,1-2H3,(H,28,32)(H,30,31)(H,33,34). The lowest BCUT2D eigenvalue weighted by molar-refractivity contribution is 0.260. The first-order valence-electron chi connectivity index (χ1n) is 11.4. The van der Waals surface area contributed by atoms with Crippen molar-refractivity contribution < 1.29 is 9.13 Å². The number of hydrogen-bond acceptors (Lipinski definition) is 6. The first kappa shape index (κ1) is 21.9. The van der Waals surface area contributed by atoms with Crippen molar-refractivity contribution in [2.24, 2.45) is 0 Å². The summed E-state index contributed by atoms with van der Waals surface area (Å²) in [6.45, 7) is 1.21. The molecule has 6 aromatic rings. The van der Waals surface area contributed by atoms with Crippen molar-refractivity contribution in [2.75, 3.05) is 27.2 Å². The van der Waals surface area contributed by atoms with Crippen molar-refractivity contribution in [1.82, 2.24) is 40.2 Å². The van der Waals surface area contributed by atoms with Gasteiger partial charge in [-0.25, -0.2) is 9.37 Å². The molecule has 0 fully saturated rings. The lowest BCUT2D eigenvalue weighted by atomic mass is 10.0. The molecule has 10 heteroatoms. The summed E-state index contributed by atoms with van der Waals surface area (Å²) in [5.74, 6) is 0.135. The van der Waals surface area contributed by atoms with E-state index >= 15 is 0 Å². The van der Waals surface area contributed by atoms with Crippen LogP contribution in [0.2, 0.25) is 0 Å². The van der Waals surface area contributed by atoms with Crippen molar-refractivity contribution in [1.29, 1.82) is 0 Å². The molecule has 36 heavy (non-hydrogen) atoms. The molecule has 0 radical (unpaired) electrons. The molecule has 0 spiro atoms. The predicted molar refractivity (Wildman–Crippen MR) is 136 cm³/mol. The van der Waals surface area contributed by atoms with Crippen LogP contribution in [0.3, 0.4) is 0 Å². The van der Waals surface area contributed by atoms with E-state index in [0.29, 0.717) is 23.6 Å².